The van der Waals surface area contributed by atoms with Gasteiger partial charge in [-0.25, -0.2) is 8.78 Å². The van der Waals surface area contributed by atoms with E-state index in [0.717, 1.165) is 18.9 Å². The van der Waals surface area contributed by atoms with Crippen molar-refractivity contribution in [1.82, 2.24) is 4.90 Å². The minimum atomic E-state index is -0.832. The van der Waals surface area contributed by atoms with Crippen molar-refractivity contribution < 1.29 is 13.9 Å². The van der Waals surface area contributed by atoms with Gasteiger partial charge in [0.05, 0.1) is 6.10 Å². The van der Waals surface area contributed by atoms with Crippen LogP contribution in [0.3, 0.4) is 0 Å². The Labute approximate surface area is 114 Å². The van der Waals surface area contributed by atoms with Gasteiger partial charge in [0.1, 0.15) is 11.6 Å². The fourth-order valence-corrected chi connectivity index (χ4v) is 2.12. The highest BCUT2D eigenvalue weighted by Gasteiger charge is 2.14. The van der Waals surface area contributed by atoms with Gasteiger partial charge in [-0.1, -0.05) is 13.3 Å². The van der Waals surface area contributed by atoms with Crippen LogP contribution in [-0.2, 0) is 0 Å². The van der Waals surface area contributed by atoms with Gasteiger partial charge >= 0.3 is 0 Å². The van der Waals surface area contributed by atoms with Gasteiger partial charge in [0.25, 0.3) is 0 Å². The van der Waals surface area contributed by atoms with Crippen molar-refractivity contribution in [3.05, 3.63) is 35.4 Å². The first-order valence-corrected chi connectivity index (χ1v) is 6.78. The van der Waals surface area contributed by atoms with Crippen LogP contribution in [0.2, 0.25) is 0 Å². The van der Waals surface area contributed by atoms with E-state index in [1.165, 1.54) is 12.1 Å². The zero-order valence-corrected chi connectivity index (χ0v) is 11.9. The molecular formula is C15H23F2NO. The average Bonchev–Trinajstić information content (AvgIpc) is 2.34. The number of benzene rings is 1. The molecule has 0 radical (unpaired) electrons. The zero-order valence-electron chi connectivity index (χ0n) is 11.9. The van der Waals surface area contributed by atoms with Crippen molar-refractivity contribution in [2.45, 2.75) is 45.3 Å². The first-order chi connectivity index (χ1) is 8.93. The molecule has 2 unspecified atom stereocenters. The molecule has 0 spiro atoms. The van der Waals surface area contributed by atoms with Gasteiger partial charge in [-0.05, 0) is 44.5 Å². The van der Waals surface area contributed by atoms with E-state index < -0.39 is 17.7 Å². The Morgan fingerprint density at radius 2 is 1.74 bits per heavy atom. The number of halogens is 2. The molecule has 1 aromatic rings. The molecule has 0 aliphatic rings. The molecule has 4 heteroatoms. The van der Waals surface area contributed by atoms with Gasteiger partial charge in [-0.2, -0.15) is 0 Å². The summed E-state index contributed by atoms with van der Waals surface area (Å²) in [6.07, 6.45) is 1.85. The van der Waals surface area contributed by atoms with Crippen LogP contribution in [0.15, 0.2) is 18.2 Å². The van der Waals surface area contributed by atoms with Crippen molar-refractivity contribution in [1.29, 1.82) is 0 Å². The number of hydrogen-bond donors (Lipinski definition) is 1. The number of hydrogen-bond acceptors (Lipinski definition) is 2. The Bertz CT molecular complexity index is 377. The minimum Gasteiger partial charge on any atom is -0.388 e. The largest absolute Gasteiger partial charge is 0.388 e. The number of nitrogens with zero attached hydrogens (tertiary/aromatic N) is 1. The summed E-state index contributed by atoms with van der Waals surface area (Å²) in [7, 11) is 2.00. The van der Waals surface area contributed by atoms with Crippen molar-refractivity contribution >= 4 is 0 Å². The van der Waals surface area contributed by atoms with Crippen LogP contribution >= 0.6 is 0 Å². The predicted octanol–water partition coefficient (Wildman–Crippen LogP) is 3.51. The number of aliphatic hydroxyl groups is 1. The SMILES string of the molecule is CCCC(C)N(C)CCC(O)c1cc(F)cc(F)c1. The summed E-state index contributed by atoms with van der Waals surface area (Å²) >= 11 is 0. The molecule has 0 aromatic heterocycles. The van der Waals surface area contributed by atoms with E-state index in [1.807, 2.05) is 7.05 Å². The van der Waals surface area contributed by atoms with Gasteiger partial charge in [-0.3, -0.25) is 0 Å². The van der Waals surface area contributed by atoms with Crippen LogP contribution in [0.4, 0.5) is 8.78 Å². The summed E-state index contributed by atoms with van der Waals surface area (Å²) in [6.45, 7) is 4.97. The topological polar surface area (TPSA) is 23.5 Å². The third-order valence-corrected chi connectivity index (χ3v) is 3.48. The molecule has 0 aliphatic carbocycles. The Balaban J connectivity index is 2.53. The van der Waals surface area contributed by atoms with E-state index in [0.29, 0.717) is 24.6 Å². The molecule has 1 N–H and O–H groups in total. The van der Waals surface area contributed by atoms with Crippen LogP contribution in [0, 0.1) is 11.6 Å². The Hall–Kier alpha value is -1.00. The van der Waals surface area contributed by atoms with Gasteiger partial charge in [0.15, 0.2) is 0 Å². The van der Waals surface area contributed by atoms with Crippen LogP contribution < -0.4 is 0 Å². The van der Waals surface area contributed by atoms with Gasteiger partial charge < -0.3 is 10.0 Å². The summed E-state index contributed by atoms with van der Waals surface area (Å²) < 4.78 is 26.1. The first-order valence-electron chi connectivity index (χ1n) is 6.78. The van der Waals surface area contributed by atoms with Crippen molar-refractivity contribution in [3.8, 4) is 0 Å². The number of aliphatic hydroxyl groups excluding tert-OH is 1. The molecular weight excluding hydrogens is 248 g/mol. The van der Waals surface area contributed by atoms with Crippen LogP contribution in [0.1, 0.15) is 44.8 Å². The smallest absolute Gasteiger partial charge is 0.126 e. The second-order valence-electron chi connectivity index (χ2n) is 5.13. The highest BCUT2D eigenvalue weighted by Crippen LogP contribution is 2.20. The maximum atomic E-state index is 13.1. The summed E-state index contributed by atoms with van der Waals surface area (Å²) in [5.41, 5.74) is 0.300. The zero-order chi connectivity index (χ0) is 14.4. The Morgan fingerprint density at radius 3 is 2.26 bits per heavy atom. The fraction of sp³-hybridized carbons (Fsp3) is 0.600. The highest BCUT2D eigenvalue weighted by atomic mass is 19.1. The number of rotatable bonds is 7. The molecule has 1 rings (SSSR count). The molecule has 0 bridgehead atoms. The molecule has 2 atom stereocenters. The quantitative estimate of drug-likeness (QED) is 0.820. The molecule has 0 heterocycles. The van der Waals surface area contributed by atoms with Crippen molar-refractivity contribution in [2.75, 3.05) is 13.6 Å². The van der Waals surface area contributed by atoms with E-state index in [9.17, 15) is 13.9 Å². The van der Waals surface area contributed by atoms with Gasteiger partial charge in [0.2, 0.25) is 0 Å². The predicted molar refractivity (Wildman–Crippen MR) is 72.9 cm³/mol. The molecule has 0 saturated carbocycles. The Morgan fingerprint density at radius 1 is 1.16 bits per heavy atom. The maximum Gasteiger partial charge on any atom is 0.126 e. The van der Waals surface area contributed by atoms with E-state index in [1.54, 1.807) is 0 Å². The normalized spacial score (nSPS) is 14.7. The molecule has 0 aliphatic heterocycles. The van der Waals surface area contributed by atoms with Crippen LogP contribution in [-0.4, -0.2) is 29.6 Å². The maximum absolute atomic E-state index is 13.1. The molecule has 2 nitrogen and oxygen atoms in total. The average molecular weight is 271 g/mol. The molecule has 108 valence electrons. The lowest BCUT2D eigenvalue weighted by atomic mass is 10.1. The first kappa shape index (κ1) is 16.1. The third-order valence-electron chi connectivity index (χ3n) is 3.48. The lowest BCUT2D eigenvalue weighted by Gasteiger charge is -2.25. The standard InChI is InChI=1S/C15H23F2NO/c1-4-5-11(2)18(3)7-6-15(19)12-8-13(16)10-14(17)9-12/h8-11,15,19H,4-7H2,1-3H3. The van der Waals surface area contributed by atoms with E-state index in [2.05, 4.69) is 18.7 Å². The summed E-state index contributed by atoms with van der Waals surface area (Å²) in [5, 5.41) is 9.97. The fourth-order valence-electron chi connectivity index (χ4n) is 2.12. The summed E-state index contributed by atoms with van der Waals surface area (Å²) in [5.74, 6) is -1.30. The second-order valence-corrected chi connectivity index (χ2v) is 5.13. The molecule has 19 heavy (non-hydrogen) atoms. The molecule has 0 saturated heterocycles. The van der Waals surface area contributed by atoms with Crippen LogP contribution in [0.25, 0.3) is 0 Å². The minimum absolute atomic E-state index is 0.300. The highest BCUT2D eigenvalue weighted by molar-refractivity contribution is 5.20. The lowest BCUT2D eigenvalue weighted by molar-refractivity contribution is 0.136. The summed E-state index contributed by atoms with van der Waals surface area (Å²) in [4.78, 5) is 2.16. The van der Waals surface area contributed by atoms with Gasteiger partial charge in [0, 0.05) is 18.7 Å². The molecule has 0 amide bonds. The lowest BCUT2D eigenvalue weighted by Crippen LogP contribution is -2.30. The van der Waals surface area contributed by atoms with Crippen LogP contribution in [0.5, 0.6) is 0 Å². The second kappa shape index (κ2) is 7.56. The molecule has 1 aromatic carbocycles. The summed E-state index contributed by atoms with van der Waals surface area (Å²) in [6, 6.07) is 3.62. The van der Waals surface area contributed by atoms with Crippen molar-refractivity contribution in [2.24, 2.45) is 0 Å². The molecule has 0 fully saturated rings. The van der Waals surface area contributed by atoms with E-state index >= 15 is 0 Å². The monoisotopic (exact) mass is 271 g/mol. The van der Waals surface area contributed by atoms with Crippen molar-refractivity contribution in [3.63, 3.8) is 0 Å². The Kier molecular flexibility index (Phi) is 6.38. The van der Waals surface area contributed by atoms with Gasteiger partial charge in [-0.15, -0.1) is 0 Å². The third kappa shape index (κ3) is 5.25. The van der Waals surface area contributed by atoms with E-state index in [4.69, 9.17) is 0 Å². The van der Waals surface area contributed by atoms with E-state index in [-0.39, 0.29) is 0 Å².